The van der Waals surface area contributed by atoms with Crippen LogP contribution < -0.4 is 21.4 Å². The second kappa shape index (κ2) is 13.0. The van der Waals surface area contributed by atoms with Crippen LogP contribution in [0.5, 0.6) is 0 Å². The number of hydrogen-bond donors (Lipinski definition) is 6. The van der Waals surface area contributed by atoms with Gasteiger partial charge in [0, 0.05) is 50.2 Å². The van der Waals surface area contributed by atoms with Crippen LogP contribution in [0.15, 0.2) is 64.0 Å². The number of fused-ring (bicyclic) bond motifs is 2. The Morgan fingerprint density at radius 3 is 2.67 bits per heavy atom. The number of amides is 2. The van der Waals surface area contributed by atoms with Crippen molar-refractivity contribution in [3.8, 4) is 0 Å². The first kappa shape index (κ1) is 33.6. The molecule has 49 heavy (non-hydrogen) atoms. The van der Waals surface area contributed by atoms with Gasteiger partial charge in [0.05, 0.1) is 6.54 Å². The fourth-order valence-electron chi connectivity index (χ4n) is 5.21. The van der Waals surface area contributed by atoms with Crippen molar-refractivity contribution in [2.24, 2.45) is 10.9 Å². The van der Waals surface area contributed by atoms with Crippen LogP contribution in [0, 0.1) is 5.41 Å². The van der Waals surface area contributed by atoms with Gasteiger partial charge >= 0.3 is 11.9 Å². The summed E-state index contributed by atoms with van der Waals surface area (Å²) in [5.41, 5.74) is 11.1. The number of aromatic nitrogens is 3. The maximum atomic E-state index is 13.4. The largest absolute Gasteiger partial charge is 0.478 e. The summed E-state index contributed by atoms with van der Waals surface area (Å²) in [6.45, 7) is 3.26. The third-order valence-electron chi connectivity index (χ3n) is 7.83. The molecule has 2 atom stereocenters. The molecule has 16 nitrogen and oxygen atoms in total. The maximum Gasteiger partial charge on any atom is 0.352 e. The standard InChI is InChI=1S/C30H29N9O7S3/c1-30(2,28(44)45)46-36-20(18-13-49-29(33)34-18)24(40)35-21-25(41)39-22(27(42)43)16(12-48-26(21)39)8-37-5-3-14-4-6-38(19(14)10-37)9-17-7-15(11-47-17)23(31)32/h3-7,10-11,13,21,26H,8-9,12H2,1-2H3,(H7-,31,32,33,34,35,40,42,43,44,45)/p+1/t21-,26-/m1/s1. The number of thiophene rings is 1. The van der Waals surface area contributed by atoms with E-state index in [1.54, 1.807) is 0 Å². The molecule has 0 saturated carbocycles. The molecule has 0 aromatic carbocycles. The Labute approximate surface area is 290 Å². The van der Waals surface area contributed by atoms with Crippen molar-refractivity contribution in [3.63, 3.8) is 0 Å². The molecule has 4 aromatic rings. The minimum atomic E-state index is -1.77. The van der Waals surface area contributed by atoms with E-state index in [1.807, 2.05) is 46.7 Å². The number of carboxylic acids is 2. The van der Waals surface area contributed by atoms with Crippen LogP contribution in [0.1, 0.15) is 30.0 Å². The van der Waals surface area contributed by atoms with Gasteiger partial charge in [-0.3, -0.25) is 19.9 Å². The third-order valence-corrected chi connectivity index (χ3v) is 10.8. The van der Waals surface area contributed by atoms with E-state index in [9.17, 15) is 29.4 Å². The number of rotatable bonds is 12. The van der Waals surface area contributed by atoms with Gasteiger partial charge < -0.3 is 36.4 Å². The summed E-state index contributed by atoms with van der Waals surface area (Å²) < 4.78 is 3.91. The lowest BCUT2D eigenvalue weighted by atomic mass is 10.0. The second-order valence-electron chi connectivity index (χ2n) is 11.7. The highest BCUT2D eigenvalue weighted by Gasteiger charge is 2.55. The first-order valence-electron chi connectivity index (χ1n) is 14.5. The van der Waals surface area contributed by atoms with Crippen LogP contribution in [0.25, 0.3) is 10.9 Å². The lowest BCUT2D eigenvalue weighted by molar-refractivity contribution is -0.687. The molecule has 8 N–H and O–H groups in total. The molecule has 6 rings (SSSR count). The molecule has 1 fully saturated rings. The predicted molar refractivity (Wildman–Crippen MR) is 182 cm³/mol. The summed E-state index contributed by atoms with van der Waals surface area (Å²) in [5.74, 6) is -3.81. The Balaban J connectivity index is 1.21. The molecule has 0 unspecified atom stereocenters. The number of carboxylic acid groups (broad SMARTS) is 2. The van der Waals surface area contributed by atoms with Crippen molar-refractivity contribution in [1.29, 1.82) is 5.41 Å². The second-order valence-corrected chi connectivity index (χ2v) is 14.6. The topological polar surface area (TPSA) is 243 Å². The quantitative estimate of drug-likeness (QED) is 0.0401. The number of carbonyl (C=O) groups is 4. The number of nitrogen functional groups attached to an aromatic ring is 2. The van der Waals surface area contributed by atoms with Crippen molar-refractivity contribution < 1.29 is 38.8 Å². The summed E-state index contributed by atoms with van der Waals surface area (Å²) >= 11 is 3.84. The number of amidine groups is 1. The van der Waals surface area contributed by atoms with E-state index >= 15 is 0 Å². The van der Waals surface area contributed by atoms with Gasteiger partial charge in [-0.15, -0.1) is 34.4 Å². The minimum absolute atomic E-state index is 0.00809. The number of aliphatic carboxylic acids is 2. The van der Waals surface area contributed by atoms with E-state index in [-0.39, 0.29) is 40.4 Å². The van der Waals surface area contributed by atoms with Gasteiger partial charge in [0.15, 0.2) is 29.8 Å². The average Bonchev–Trinajstić information content (AvgIpc) is 3.80. The lowest BCUT2D eigenvalue weighted by Crippen LogP contribution is -2.71. The van der Waals surface area contributed by atoms with Crippen LogP contribution >= 0.6 is 34.4 Å². The van der Waals surface area contributed by atoms with E-state index in [1.165, 1.54) is 47.2 Å². The van der Waals surface area contributed by atoms with Crippen LogP contribution in [-0.4, -0.2) is 82.7 Å². The molecule has 0 bridgehead atoms. The molecule has 19 heteroatoms. The van der Waals surface area contributed by atoms with Gasteiger partial charge in [0.25, 0.3) is 11.8 Å². The van der Waals surface area contributed by atoms with Crippen LogP contribution in [0.3, 0.4) is 0 Å². The third kappa shape index (κ3) is 6.59. The van der Waals surface area contributed by atoms with E-state index in [0.717, 1.165) is 27.1 Å². The van der Waals surface area contributed by atoms with E-state index in [4.69, 9.17) is 21.7 Å². The minimum Gasteiger partial charge on any atom is -0.478 e. The van der Waals surface area contributed by atoms with Gasteiger partial charge in [-0.2, -0.15) is 4.57 Å². The summed E-state index contributed by atoms with van der Waals surface area (Å²) in [6, 6.07) is 4.70. The molecule has 6 heterocycles. The average molecular weight is 725 g/mol. The Bertz CT molecular complexity index is 2100. The fraction of sp³-hybridized carbons (Fsp3) is 0.267. The number of carbonyl (C=O) groups excluding carboxylic acids is 2. The van der Waals surface area contributed by atoms with E-state index in [0.29, 0.717) is 17.7 Å². The maximum absolute atomic E-state index is 13.4. The number of β-lactam (4-membered cyclic amide) rings is 1. The molecule has 0 aliphatic carbocycles. The number of nitrogens with one attached hydrogen (secondary N) is 2. The Morgan fingerprint density at radius 2 is 2.02 bits per heavy atom. The highest BCUT2D eigenvalue weighted by atomic mass is 32.2. The fourth-order valence-corrected chi connectivity index (χ4v) is 7.98. The summed E-state index contributed by atoms with van der Waals surface area (Å²) in [7, 11) is 0. The van der Waals surface area contributed by atoms with Gasteiger partial charge in [-0.05, 0) is 26.0 Å². The normalized spacial score (nSPS) is 17.9. The monoisotopic (exact) mass is 724 g/mol. The Morgan fingerprint density at radius 1 is 1.24 bits per heavy atom. The summed E-state index contributed by atoms with van der Waals surface area (Å²) in [6.07, 6.45) is 5.71. The van der Waals surface area contributed by atoms with Crippen molar-refractivity contribution in [2.45, 2.75) is 44.0 Å². The molecule has 2 aliphatic heterocycles. The van der Waals surface area contributed by atoms with Crippen LogP contribution in [-0.2, 0) is 37.1 Å². The number of hydrogen-bond acceptors (Lipinski definition) is 12. The molecule has 4 aromatic heterocycles. The molecular weight excluding hydrogens is 695 g/mol. The van der Waals surface area contributed by atoms with Crippen LogP contribution in [0.4, 0.5) is 5.13 Å². The zero-order valence-electron chi connectivity index (χ0n) is 25.9. The highest BCUT2D eigenvalue weighted by molar-refractivity contribution is 8.00. The van der Waals surface area contributed by atoms with Gasteiger partial charge in [-0.1, -0.05) is 5.16 Å². The zero-order valence-corrected chi connectivity index (χ0v) is 28.4. The number of pyridine rings is 1. The SMILES string of the molecule is CC(C)(ON=C(C(=O)N[C@@H]1C(=O)N2C(C(=O)O)=C(C[n+]3ccc4ccn(Cc5cc(C(=N)N)cs5)c4c3)CS[C@H]12)c1csc(N)n1)C(=O)O. The number of nitrogens with two attached hydrogens (primary N) is 2. The molecule has 0 spiro atoms. The number of nitrogens with zero attached hydrogens (tertiary/aromatic N) is 5. The van der Waals surface area contributed by atoms with Crippen LogP contribution in [0.2, 0.25) is 0 Å². The van der Waals surface area contributed by atoms with Crippen molar-refractivity contribution >= 4 is 85.8 Å². The number of thiazole rings is 1. The molecule has 0 radical (unpaired) electrons. The summed E-state index contributed by atoms with van der Waals surface area (Å²) in [5, 5.41) is 37.3. The first-order chi connectivity index (χ1) is 23.2. The van der Waals surface area contributed by atoms with Crippen molar-refractivity contribution in [2.75, 3.05) is 11.5 Å². The van der Waals surface area contributed by atoms with Gasteiger partial charge in [0.2, 0.25) is 5.60 Å². The molecular formula is C30H30N9O7S3+. The number of thioether (sulfide) groups is 1. The Kier molecular flexibility index (Phi) is 8.90. The highest BCUT2D eigenvalue weighted by Crippen LogP contribution is 2.40. The first-order valence-corrected chi connectivity index (χ1v) is 17.4. The van der Waals surface area contributed by atoms with Crippen molar-refractivity contribution in [1.82, 2.24) is 19.8 Å². The zero-order chi connectivity index (χ0) is 35.2. The lowest BCUT2D eigenvalue weighted by Gasteiger charge is -2.49. The Hall–Kier alpha value is -5.27. The van der Waals surface area contributed by atoms with E-state index < -0.39 is 40.8 Å². The number of anilines is 1. The molecule has 1 saturated heterocycles. The van der Waals surface area contributed by atoms with Gasteiger partial charge in [-0.25, -0.2) is 14.6 Å². The van der Waals surface area contributed by atoms with Gasteiger partial charge in [0.1, 0.15) is 34.2 Å². The molecule has 2 amide bonds. The smallest absolute Gasteiger partial charge is 0.352 e. The molecule has 254 valence electrons. The number of oxime groups is 1. The van der Waals surface area contributed by atoms with Crippen molar-refractivity contribution in [3.05, 3.63) is 75.0 Å². The molecule has 2 aliphatic rings. The summed E-state index contributed by atoms with van der Waals surface area (Å²) in [4.78, 5) is 62.2. The predicted octanol–water partition coefficient (Wildman–Crippen LogP) is 1.38. The van der Waals surface area contributed by atoms with E-state index in [2.05, 4.69) is 20.0 Å².